The maximum atomic E-state index is 11.8. The Bertz CT molecular complexity index is 588. The van der Waals surface area contributed by atoms with Gasteiger partial charge in [-0.15, -0.1) is 0 Å². The van der Waals surface area contributed by atoms with Gasteiger partial charge in [-0.2, -0.15) is 0 Å². The molecule has 0 heterocycles. The molecule has 0 saturated heterocycles. The highest BCUT2D eigenvalue weighted by Crippen LogP contribution is 2.11. The number of benzene rings is 1. The molecule has 1 rings (SSSR count). The summed E-state index contributed by atoms with van der Waals surface area (Å²) >= 11 is 0. The Kier molecular flexibility index (Phi) is 8.42. The van der Waals surface area contributed by atoms with Crippen molar-refractivity contribution in [3.63, 3.8) is 0 Å². The van der Waals surface area contributed by atoms with Crippen molar-refractivity contribution in [1.82, 2.24) is 10.2 Å². The van der Waals surface area contributed by atoms with Crippen LogP contribution in [0.4, 0.5) is 10.5 Å². The van der Waals surface area contributed by atoms with E-state index < -0.39 is 12.1 Å². The molecule has 1 atom stereocenters. The number of hydrogen-bond donors (Lipinski definition) is 2. The molecule has 0 aromatic heterocycles. The minimum absolute atomic E-state index is 0.109. The van der Waals surface area contributed by atoms with Gasteiger partial charge >= 0.3 is 12.1 Å². The molecule has 0 spiro atoms. The third-order valence-corrected chi connectivity index (χ3v) is 3.45. The number of nitrogens with one attached hydrogen (secondary N) is 2. The zero-order chi connectivity index (χ0) is 18.8. The summed E-state index contributed by atoms with van der Waals surface area (Å²) in [5, 5.41) is 5.63. The molecule has 8 heteroatoms. The van der Waals surface area contributed by atoms with Crippen molar-refractivity contribution in [1.29, 1.82) is 0 Å². The summed E-state index contributed by atoms with van der Waals surface area (Å²) in [4.78, 5) is 35.6. The first-order valence-electron chi connectivity index (χ1n) is 7.91. The number of rotatable bonds is 8. The van der Waals surface area contributed by atoms with Gasteiger partial charge in [0.1, 0.15) is 13.2 Å². The molecular weight excluding hydrogens is 326 g/mol. The molecule has 1 aromatic rings. The average Bonchev–Trinajstić information content (AvgIpc) is 2.59. The Morgan fingerprint density at radius 1 is 1.16 bits per heavy atom. The molecule has 138 valence electrons. The number of ether oxygens (including phenoxy) is 2. The van der Waals surface area contributed by atoms with E-state index in [1.165, 1.54) is 11.8 Å². The van der Waals surface area contributed by atoms with E-state index in [0.29, 0.717) is 5.69 Å². The highest BCUT2D eigenvalue weighted by Gasteiger charge is 2.12. The first kappa shape index (κ1) is 20.4. The summed E-state index contributed by atoms with van der Waals surface area (Å²) in [5.74, 6) is -0.519. The van der Waals surface area contributed by atoms with E-state index in [4.69, 9.17) is 9.47 Å². The van der Waals surface area contributed by atoms with Crippen LogP contribution in [0.1, 0.15) is 19.4 Å². The average molecular weight is 351 g/mol. The lowest BCUT2D eigenvalue weighted by molar-refractivity contribution is -0.141. The van der Waals surface area contributed by atoms with E-state index in [9.17, 15) is 14.4 Å². The molecule has 0 bridgehead atoms. The van der Waals surface area contributed by atoms with Gasteiger partial charge in [-0.3, -0.25) is 9.59 Å². The van der Waals surface area contributed by atoms with Crippen molar-refractivity contribution < 1.29 is 23.9 Å². The number of amides is 2. The number of carbonyl (C=O) groups excluding carboxylic acids is 3. The van der Waals surface area contributed by atoms with Gasteiger partial charge in [-0.1, -0.05) is 12.1 Å². The molecule has 0 fully saturated rings. The summed E-state index contributed by atoms with van der Waals surface area (Å²) in [6, 6.07) is 6.74. The third kappa shape index (κ3) is 7.67. The predicted octanol–water partition coefficient (Wildman–Crippen LogP) is 1.36. The quantitative estimate of drug-likeness (QED) is 0.687. The van der Waals surface area contributed by atoms with E-state index in [0.717, 1.165) is 5.56 Å². The standard InChI is InChI=1S/C17H25N3O5/c1-12(18-3)16(22)19-15-7-5-14(6-8-15)11-25-17(23)20(4)9-10-24-13(2)21/h5-8,12,18H,9-11H2,1-4H3,(H,19,22). The molecule has 0 aliphatic carbocycles. The number of esters is 1. The molecule has 0 aliphatic rings. The molecule has 2 N–H and O–H groups in total. The lowest BCUT2D eigenvalue weighted by Gasteiger charge is -2.16. The van der Waals surface area contributed by atoms with E-state index in [2.05, 4.69) is 10.6 Å². The molecule has 0 saturated carbocycles. The molecular formula is C17H25N3O5. The fourth-order valence-electron chi connectivity index (χ4n) is 1.74. The Hall–Kier alpha value is -2.61. The first-order chi connectivity index (χ1) is 11.8. The molecule has 0 radical (unpaired) electrons. The predicted molar refractivity (Wildman–Crippen MR) is 93.0 cm³/mol. The lowest BCUT2D eigenvalue weighted by Crippen LogP contribution is -2.35. The van der Waals surface area contributed by atoms with Crippen molar-refractivity contribution >= 4 is 23.7 Å². The van der Waals surface area contributed by atoms with Crippen molar-refractivity contribution in [2.45, 2.75) is 26.5 Å². The minimum atomic E-state index is -0.507. The Morgan fingerprint density at radius 2 is 1.80 bits per heavy atom. The summed E-state index contributed by atoms with van der Waals surface area (Å²) in [6.45, 7) is 3.57. The Balaban J connectivity index is 2.41. The van der Waals surface area contributed by atoms with Gasteiger partial charge in [0.2, 0.25) is 5.91 Å². The second kappa shape index (κ2) is 10.3. The van der Waals surface area contributed by atoms with Crippen LogP contribution in [0.15, 0.2) is 24.3 Å². The van der Waals surface area contributed by atoms with Gasteiger partial charge in [-0.05, 0) is 31.7 Å². The summed E-state index contributed by atoms with van der Waals surface area (Å²) in [7, 11) is 3.28. The van der Waals surface area contributed by atoms with Crippen LogP contribution in [0.5, 0.6) is 0 Å². The van der Waals surface area contributed by atoms with Gasteiger partial charge in [-0.25, -0.2) is 4.79 Å². The number of carbonyl (C=O) groups is 3. The van der Waals surface area contributed by atoms with Crippen molar-refractivity contribution in [3.8, 4) is 0 Å². The first-order valence-corrected chi connectivity index (χ1v) is 7.91. The summed E-state index contributed by atoms with van der Waals surface area (Å²) < 4.78 is 9.94. The molecule has 1 unspecified atom stereocenters. The van der Waals surface area contributed by atoms with Crippen LogP contribution in [0.3, 0.4) is 0 Å². The maximum Gasteiger partial charge on any atom is 0.409 e. The summed E-state index contributed by atoms with van der Waals surface area (Å²) in [6.07, 6.45) is -0.507. The SMILES string of the molecule is CNC(C)C(=O)Nc1ccc(COC(=O)N(C)CCOC(C)=O)cc1. The zero-order valence-electron chi connectivity index (χ0n) is 15.0. The minimum Gasteiger partial charge on any atom is -0.464 e. The van der Waals surface area contributed by atoms with Crippen molar-refractivity contribution in [2.75, 3.05) is 32.6 Å². The molecule has 8 nitrogen and oxygen atoms in total. The number of anilines is 1. The van der Waals surface area contributed by atoms with Crippen LogP contribution in [0.2, 0.25) is 0 Å². The fraction of sp³-hybridized carbons (Fsp3) is 0.471. The smallest absolute Gasteiger partial charge is 0.409 e. The Labute approximate surface area is 147 Å². The van der Waals surface area contributed by atoms with Crippen molar-refractivity contribution in [2.24, 2.45) is 0 Å². The van der Waals surface area contributed by atoms with Crippen LogP contribution >= 0.6 is 0 Å². The van der Waals surface area contributed by atoms with Gasteiger partial charge in [0.25, 0.3) is 0 Å². The van der Waals surface area contributed by atoms with Gasteiger partial charge < -0.3 is 25.0 Å². The zero-order valence-corrected chi connectivity index (χ0v) is 15.0. The van der Waals surface area contributed by atoms with Crippen LogP contribution in [-0.4, -0.2) is 56.2 Å². The van der Waals surface area contributed by atoms with E-state index in [1.54, 1.807) is 45.3 Å². The van der Waals surface area contributed by atoms with Crippen LogP contribution in [-0.2, 0) is 25.7 Å². The van der Waals surface area contributed by atoms with Gasteiger partial charge in [0.15, 0.2) is 0 Å². The highest BCUT2D eigenvalue weighted by atomic mass is 16.6. The number of hydrogen-bond acceptors (Lipinski definition) is 6. The largest absolute Gasteiger partial charge is 0.464 e. The molecule has 2 amide bonds. The lowest BCUT2D eigenvalue weighted by atomic mass is 10.2. The van der Waals surface area contributed by atoms with E-state index >= 15 is 0 Å². The fourth-order valence-corrected chi connectivity index (χ4v) is 1.74. The molecule has 0 aliphatic heterocycles. The van der Waals surface area contributed by atoms with Gasteiger partial charge in [0.05, 0.1) is 12.6 Å². The monoisotopic (exact) mass is 351 g/mol. The summed E-state index contributed by atoms with van der Waals surface area (Å²) in [5.41, 5.74) is 1.46. The maximum absolute atomic E-state index is 11.8. The van der Waals surface area contributed by atoms with Crippen LogP contribution in [0, 0.1) is 0 Å². The molecule has 25 heavy (non-hydrogen) atoms. The third-order valence-electron chi connectivity index (χ3n) is 3.45. The van der Waals surface area contributed by atoms with E-state index in [1.807, 2.05) is 0 Å². The Morgan fingerprint density at radius 3 is 2.36 bits per heavy atom. The number of likely N-dealkylation sites (N-methyl/N-ethyl adjacent to an activating group) is 2. The van der Waals surface area contributed by atoms with Gasteiger partial charge in [0, 0.05) is 19.7 Å². The highest BCUT2D eigenvalue weighted by molar-refractivity contribution is 5.94. The van der Waals surface area contributed by atoms with E-state index in [-0.39, 0.29) is 31.7 Å². The van der Waals surface area contributed by atoms with Crippen molar-refractivity contribution in [3.05, 3.63) is 29.8 Å². The van der Waals surface area contributed by atoms with Crippen LogP contribution in [0.25, 0.3) is 0 Å². The second-order valence-electron chi connectivity index (χ2n) is 5.51. The normalized spacial score (nSPS) is 11.4. The van der Waals surface area contributed by atoms with Crippen LogP contribution < -0.4 is 10.6 Å². The topological polar surface area (TPSA) is 97.0 Å². The number of nitrogens with zero attached hydrogens (tertiary/aromatic N) is 1. The second-order valence-corrected chi connectivity index (χ2v) is 5.51. The molecule has 1 aromatic carbocycles.